The van der Waals surface area contributed by atoms with E-state index in [0.717, 1.165) is 0 Å². The van der Waals surface area contributed by atoms with Crippen LogP contribution in [0.4, 0.5) is 13.2 Å². The van der Waals surface area contributed by atoms with Crippen LogP contribution in [0.3, 0.4) is 0 Å². The number of carbonyl (C=O) groups excluding carboxylic acids is 1. The molecule has 104 valence electrons. The molecule has 0 rings (SSSR count). The summed E-state index contributed by atoms with van der Waals surface area (Å²) in [5, 5.41) is 11.0. The fourth-order valence-electron chi connectivity index (χ4n) is 1.11. The smallest absolute Gasteiger partial charge is 0.454 e. The van der Waals surface area contributed by atoms with Gasteiger partial charge in [0.15, 0.2) is 0 Å². The first-order valence-corrected chi connectivity index (χ1v) is 5.25. The van der Waals surface area contributed by atoms with Gasteiger partial charge in [0.05, 0.1) is 0 Å². The van der Waals surface area contributed by atoms with Gasteiger partial charge in [0, 0.05) is 12.3 Å². The minimum Gasteiger partial charge on any atom is -0.480 e. The van der Waals surface area contributed by atoms with Crippen molar-refractivity contribution in [2.75, 3.05) is 6.54 Å². The van der Waals surface area contributed by atoms with Crippen LogP contribution in [0.5, 0.6) is 0 Å². The second-order valence-corrected chi connectivity index (χ2v) is 3.54. The van der Waals surface area contributed by atoms with Gasteiger partial charge in [-0.05, 0) is 25.8 Å². The minimum atomic E-state index is -4.95. The summed E-state index contributed by atoms with van der Waals surface area (Å²) >= 11 is 0. The van der Waals surface area contributed by atoms with Crippen molar-refractivity contribution in [2.24, 2.45) is 5.73 Å². The minimum absolute atomic E-state index is 0.219. The van der Waals surface area contributed by atoms with Crippen molar-refractivity contribution in [2.45, 2.75) is 31.5 Å². The molecule has 0 spiro atoms. The zero-order chi connectivity index (χ0) is 14.2. The van der Waals surface area contributed by atoms with Gasteiger partial charge in [-0.3, -0.25) is 4.79 Å². The molecule has 0 bridgehead atoms. The van der Waals surface area contributed by atoms with Gasteiger partial charge in [0.25, 0.3) is 5.78 Å². The molecule has 4 N–H and O–H groups in total. The second-order valence-electron chi connectivity index (χ2n) is 3.54. The van der Waals surface area contributed by atoms with Crippen LogP contribution in [0.25, 0.3) is 0 Å². The Balaban J connectivity index is 4.23. The van der Waals surface area contributed by atoms with Gasteiger partial charge >= 0.3 is 12.1 Å². The topological polar surface area (TPSA) is 92.4 Å². The maximum Gasteiger partial charge on any atom is 0.454 e. The lowest BCUT2D eigenvalue weighted by Gasteiger charge is -2.11. The molecule has 0 aliphatic rings. The average Bonchev–Trinajstić information content (AvgIpc) is 2.25. The molecule has 8 heteroatoms. The summed E-state index contributed by atoms with van der Waals surface area (Å²) in [6, 6.07) is -1.03. The number of ketones is 1. The Hall–Kier alpha value is -1.57. The van der Waals surface area contributed by atoms with Gasteiger partial charge in [-0.15, -0.1) is 0 Å². The molecular formula is C10H15F3N2O3. The van der Waals surface area contributed by atoms with Crippen molar-refractivity contribution >= 4 is 11.8 Å². The van der Waals surface area contributed by atoms with E-state index in [1.54, 1.807) is 0 Å². The molecular weight excluding hydrogens is 253 g/mol. The highest BCUT2D eigenvalue weighted by molar-refractivity contribution is 5.94. The van der Waals surface area contributed by atoms with Crippen molar-refractivity contribution in [3.8, 4) is 0 Å². The molecule has 0 aliphatic carbocycles. The molecule has 0 aromatic rings. The Bertz CT molecular complexity index is 316. The number of alkyl halides is 3. The van der Waals surface area contributed by atoms with Crippen LogP contribution >= 0.6 is 0 Å². The third kappa shape index (κ3) is 6.89. The number of unbranched alkanes of at least 4 members (excludes halogenated alkanes) is 1. The van der Waals surface area contributed by atoms with E-state index in [0.29, 0.717) is 25.6 Å². The zero-order valence-corrected chi connectivity index (χ0v) is 9.54. The van der Waals surface area contributed by atoms with Gasteiger partial charge in [-0.25, -0.2) is 4.79 Å². The predicted octanol–water partition coefficient (Wildman–Crippen LogP) is 0.803. The third-order valence-electron chi connectivity index (χ3n) is 2.06. The van der Waals surface area contributed by atoms with E-state index >= 15 is 0 Å². The highest BCUT2D eigenvalue weighted by Crippen LogP contribution is 2.16. The Morgan fingerprint density at radius 2 is 1.94 bits per heavy atom. The van der Waals surface area contributed by atoms with Crippen molar-refractivity contribution in [1.29, 1.82) is 0 Å². The quantitative estimate of drug-likeness (QED) is 0.447. The summed E-state index contributed by atoms with van der Waals surface area (Å²) in [7, 11) is 0. The average molecular weight is 268 g/mol. The SMILES string of the molecule is NCCCC[C@H](N/C=C\C(=O)C(F)(F)F)C(=O)O. The number of rotatable bonds is 8. The van der Waals surface area contributed by atoms with Gasteiger partial charge < -0.3 is 16.2 Å². The third-order valence-corrected chi connectivity index (χ3v) is 2.06. The summed E-state index contributed by atoms with van der Waals surface area (Å²) in [6.07, 6.45) is -2.61. The number of carboxylic acids is 1. The predicted molar refractivity (Wildman–Crippen MR) is 57.7 cm³/mol. The van der Waals surface area contributed by atoms with Crippen LogP contribution in [-0.2, 0) is 9.59 Å². The van der Waals surface area contributed by atoms with E-state index in [4.69, 9.17) is 10.8 Å². The van der Waals surface area contributed by atoms with E-state index in [-0.39, 0.29) is 12.5 Å². The number of halogens is 3. The van der Waals surface area contributed by atoms with Crippen LogP contribution in [0.15, 0.2) is 12.3 Å². The summed E-state index contributed by atoms with van der Waals surface area (Å²) in [5.74, 6) is -3.24. The van der Waals surface area contributed by atoms with Crippen LogP contribution in [0.2, 0.25) is 0 Å². The number of hydrogen-bond acceptors (Lipinski definition) is 4. The second kappa shape index (κ2) is 7.70. The van der Waals surface area contributed by atoms with Gasteiger partial charge in [0.1, 0.15) is 6.04 Å². The van der Waals surface area contributed by atoms with E-state index in [1.165, 1.54) is 0 Å². The Labute approximate surface area is 102 Å². The molecule has 0 aliphatic heterocycles. The standard InChI is InChI=1S/C10H15F3N2O3/c11-10(12,13)8(16)4-6-15-7(9(17)18)3-1-2-5-14/h4,6-7,15H,1-3,5,14H2,(H,17,18)/b6-4-/t7-/m0/s1. The number of carboxylic acid groups (broad SMARTS) is 1. The fraction of sp³-hybridized carbons (Fsp3) is 0.600. The van der Waals surface area contributed by atoms with E-state index in [1.807, 2.05) is 0 Å². The first kappa shape index (κ1) is 16.4. The summed E-state index contributed by atoms with van der Waals surface area (Å²) in [5.41, 5.74) is 5.23. The molecule has 0 aromatic heterocycles. The zero-order valence-electron chi connectivity index (χ0n) is 9.54. The number of hydrogen-bond donors (Lipinski definition) is 3. The molecule has 1 atom stereocenters. The lowest BCUT2D eigenvalue weighted by Crippen LogP contribution is -2.33. The van der Waals surface area contributed by atoms with E-state index in [2.05, 4.69) is 5.32 Å². The van der Waals surface area contributed by atoms with Crippen LogP contribution in [-0.4, -0.2) is 35.6 Å². The van der Waals surface area contributed by atoms with Crippen molar-refractivity contribution < 1.29 is 27.9 Å². The highest BCUT2D eigenvalue weighted by atomic mass is 19.4. The number of nitrogens with two attached hydrogens (primary N) is 1. The molecule has 5 nitrogen and oxygen atoms in total. The molecule has 0 heterocycles. The molecule has 18 heavy (non-hydrogen) atoms. The van der Waals surface area contributed by atoms with E-state index < -0.39 is 24.0 Å². The van der Waals surface area contributed by atoms with Crippen LogP contribution in [0.1, 0.15) is 19.3 Å². The van der Waals surface area contributed by atoms with Gasteiger partial charge in [-0.2, -0.15) is 13.2 Å². The fourth-order valence-corrected chi connectivity index (χ4v) is 1.11. The molecule has 0 saturated carbocycles. The molecule has 0 aromatic carbocycles. The number of nitrogens with one attached hydrogen (secondary N) is 1. The monoisotopic (exact) mass is 268 g/mol. The highest BCUT2D eigenvalue weighted by Gasteiger charge is 2.36. The molecule has 0 radical (unpaired) electrons. The Kier molecular flexibility index (Phi) is 7.03. The maximum absolute atomic E-state index is 11.8. The van der Waals surface area contributed by atoms with Crippen LogP contribution in [0, 0.1) is 0 Å². The summed E-state index contributed by atoms with van der Waals surface area (Å²) in [6.45, 7) is 0.411. The summed E-state index contributed by atoms with van der Waals surface area (Å²) in [4.78, 5) is 21.2. The van der Waals surface area contributed by atoms with Crippen molar-refractivity contribution in [1.82, 2.24) is 5.32 Å². The molecule has 0 fully saturated rings. The number of carbonyl (C=O) groups is 2. The molecule has 0 unspecified atom stereocenters. The first-order chi connectivity index (χ1) is 8.29. The normalized spacial score (nSPS) is 13.6. The van der Waals surface area contributed by atoms with Crippen molar-refractivity contribution in [3.05, 3.63) is 12.3 Å². The maximum atomic E-state index is 11.8. The van der Waals surface area contributed by atoms with Gasteiger partial charge in [-0.1, -0.05) is 0 Å². The van der Waals surface area contributed by atoms with Crippen molar-refractivity contribution in [3.63, 3.8) is 0 Å². The Morgan fingerprint density at radius 3 is 2.39 bits per heavy atom. The van der Waals surface area contributed by atoms with Gasteiger partial charge in [0.2, 0.25) is 0 Å². The lowest BCUT2D eigenvalue weighted by atomic mass is 10.1. The summed E-state index contributed by atoms with van der Waals surface area (Å²) < 4.78 is 35.5. The van der Waals surface area contributed by atoms with E-state index in [9.17, 15) is 22.8 Å². The molecule has 0 saturated heterocycles. The largest absolute Gasteiger partial charge is 0.480 e. The Morgan fingerprint density at radius 1 is 1.33 bits per heavy atom. The first-order valence-electron chi connectivity index (χ1n) is 5.25. The van der Waals surface area contributed by atoms with Crippen LogP contribution < -0.4 is 11.1 Å². The number of aliphatic carboxylic acids is 1. The molecule has 0 amide bonds. The lowest BCUT2D eigenvalue weighted by molar-refractivity contribution is -0.165. The number of allylic oxidation sites excluding steroid dienone is 1.